The van der Waals surface area contributed by atoms with Gasteiger partial charge in [-0.15, -0.1) is 0 Å². The Bertz CT molecular complexity index is 1370. The van der Waals surface area contributed by atoms with Gasteiger partial charge in [0, 0.05) is 38.8 Å². The molecule has 15 heteroatoms. The number of amides is 1. The number of unbranched alkanes of at least 4 members (excludes halogenated alkanes) is 2. The van der Waals surface area contributed by atoms with E-state index in [-0.39, 0.29) is 19.1 Å². The van der Waals surface area contributed by atoms with Crippen LogP contribution in [0.15, 0.2) is 64.3 Å². The lowest BCUT2D eigenvalue weighted by Crippen LogP contribution is -2.35. The summed E-state index contributed by atoms with van der Waals surface area (Å²) in [5.41, 5.74) is -0.519. The average Bonchev–Trinajstić information content (AvgIpc) is 3.28. The van der Waals surface area contributed by atoms with E-state index in [0.29, 0.717) is 13.0 Å². The number of benzene rings is 1. The number of nitrogens with one attached hydrogen (secondary N) is 2. The van der Waals surface area contributed by atoms with Crippen LogP contribution in [0.1, 0.15) is 44.4 Å². The summed E-state index contributed by atoms with van der Waals surface area (Å²) in [5, 5.41) is 2.75. The summed E-state index contributed by atoms with van der Waals surface area (Å²) in [6.07, 6.45) is 3.98. The molecule has 1 amide bonds. The van der Waals surface area contributed by atoms with Gasteiger partial charge in [0.1, 0.15) is 31.6 Å². The first kappa shape index (κ1) is 33.4. The van der Waals surface area contributed by atoms with E-state index in [2.05, 4.69) is 10.3 Å². The van der Waals surface area contributed by atoms with Crippen LogP contribution in [0.4, 0.5) is 4.79 Å². The molecule has 2 heterocycles. The van der Waals surface area contributed by atoms with E-state index in [1.165, 1.54) is 30.9 Å². The summed E-state index contributed by atoms with van der Waals surface area (Å²) in [5.74, 6) is -0.687. The molecule has 0 radical (unpaired) electrons. The Labute approximate surface area is 248 Å². The second-order valence-electron chi connectivity index (χ2n) is 9.49. The maximum atomic E-state index is 12.7. The molecule has 230 valence electrons. The lowest BCUT2D eigenvalue weighted by Gasteiger charge is -2.26. The number of nitrogens with zero attached hydrogens (tertiary/aromatic N) is 1. The van der Waals surface area contributed by atoms with Gasteiger partial charge in [0.05, 0.1) is 0 Å². The number of carbonyl (C=O) groups is 2. The molecule has 1 fully saturated rings. The second-order valence-corrected chi connectivity index (χ2v) is 12.4. The fourth-order valence-electron chi connectivity index (χ4n) is 4.35. The quantitative estimate of drug-likeness (QED) is 0.115. The van der Waals surface area contributed by atoms with Crippen LogP contribution >= 0.6 is 6.72 Å². The Kier molecular flexibility index (Phi) is 13.1. The summed E-state index contributed by atoms with van der Waals surface area (Å²) in [6.45, 7) is -2.01. The van der Waals surface area contributed by atoms with Crippen LogP contribution in [0.2, 0.25) is 0 Å². The van der Waals surface area contributed by atoms with Crippen molar-refractivity contribution in [2.24, 2.45) is 5.92 Å². The average molecular weight is 626 g/mol. The lowest BCUT2D eigenvalue weighted by atomic mass is 9.95. The molecule has 1 aromatic heterocycles. The largest absolute Gasteiger partial charge is 0.508 e. The van der Waals surface area contributed by atoms with Crippen molar-refractivity contribution in [3.8, 4) is 0 Å². The molecular formula is C27H36N3O10PS. The molecule has 3 N–H and O–H groups in total. The van der Waals surface area contributed by atoms with Gasteiger partial charge in [-0.25, -0.2) is 9.59 Å². The number of carbonyl (C=O) groups excluding carboxylic acids is 2. The minimum atomic E-state index is -3.72. The zero-order valence-corrected chi connectivity index (χ0v) is 25.1. The summed E-state index contributed by atoms with van der Waals surface area (Å²) in [7, 11) is 1.21. The van der Waals surface area contributed by atoms with Gasteiger partial charge in [-0.3, -0.25) is 19.1 Å². The van der Waals surface area contributed by atoms with Gasteiger partial charge in [0.25, 0.3) is 5.56 Å². The first-order valence-corrected chi connectivity index (χ1v) is 16.0. The summed E-state index contributed by atoms with van der Waals surface area (Å²) in [6, 6.07) is 10.2. The molecule has 2 unspecified atom stereocenters. The number of ether oxygens (including phenoxy) is 3. The third-order valence-electron chi connectivity index (χ3n) is 6.39. The van der Waals surface area contributed by atoms with Gasteiger partial charge in [0.15, 0.2) is 0 Å². The predicted molar refractivity (Wildman–Crippen MR) is 156 cm³/mol. The summed E-state index contributed by atoms with van der Waals surface area (Å²) >= 11 is 5.10. The van der Waals surface area contributed by atoms with Crippen LogP contribution < -0.4 is 16.6 Å². The van der Waals surface area contributed by atoms with Gasteiger partial charge in [-0.05, 0) is 43.1 Å². The minimum absolute atomic E-state index is 0.000125. The fraction of sp³-hybridized carbons (Fsp3) is 0.481. The molecule has 3 rings (SSSR count). The highest BCUT2D eigenvalue weighted by Crippen LogP contribution is 2.50. The van der Waals surface area contributed by atoms with E-state index in [0.717, 1.165) is 24.8 Å². The van der Waals surface area contributed by atoms with Crippen LogP contribution in [-0.2, 0) is 46.5 Å². The number of H-pyrrole nitrogens is 1. The Morgan fingerprint density at radius 2 is 1.93 bits per heavy atom. The third kappa shape index (κ3) is 10.6. The van der Waals surface area contributed by atoms with Crippen LogP contribution in [0.25, 0.3) is 0 Å². The van der Waals surface area contributed by atoms with Crippen LogP contribution in [0.3, 0.4) is 0 Å². The number of allylic oxidation sites excluding steroid dienone is 2. The Hall–Kier alpha value is -3.13. The number of aromatic amines is 1. The second kappa shape index (κ2) is 16.5. The monoisotopic (exact) mass is 625 g/mol. The van der Waals surface area contributed by atoms with E-state index in [1.54, 1.807) is 12.1 Å². The van der Waals surface area contributed by atoms with Crippen molar-refractivity contribution < 1.29 is 37.7 Å². The molecule has 2 aromatic rings. The highest BCUT2D eigenvalue weighted by molar-refractivity contribution is 8.07. The molecule has 42 heavy (non-hydrogen) atoms. The Morgan fingerprint density at radius 1 is 1.17 bits per heavy atom. The molecular weight excluding hydrogens is 589 g/mol. The van der Waals surface area contributed by atoms with E-state index < -0.39 is 48.5 Å². The predicted octanol–water partition coefficient (Wildman–Crippen LogP) is 2.90. The first-order chi connectivity index (χ1) is 20.1. The number of hydrogen-bond acceptors (Lipinski definition) is 10. The zero-order valence-electron chi connectivity index (χ0n) is 23.4. The van der Waals surface area contributed by atoms with Gasteiger partial charge in [-0.1, -0.05) is 42.5 Å². The van der Waals surface area contributed by atoms with E-state index in [1.807, 2.05) is 30.4 Å². The van der Waals surface area contributed by atoms with Gasteiger partial charge < -0.3 is 33.5 Å². The normalized spacial score (nSPS) is 21.6. The highest BCUT2D eigenvalue weighted by Gasteiger charge is 2.48. The molecule has 5 atom stereocenters. The van der Waals surface area contributed by atoms with Crippen molar-refractivity contribution in [2.75, 3.05) is 20.3 Å². The highest BCUT2D eigenvalue weighted by atomic mass is 32.5. The van der Waals surface area contributed by atoms with Crippen LogP contribution in [-0.4, -0.2) is 59.0 Å². The maximum absolute atomic E-state index is 12.7. The fourth-order valence-corrected chi connectivity index (χ4v) is 5.34. The number of hydrogen-bond donors (Lipinski definition) is 3. The third-order valence-corrected chi connectivity index (χ3v) is 8.07. The molecule has 0 aliphatic carbocycles. The zero-order chi connectivity index (χ0) is 30.5. The number of rotatable bonds is 15. The molecule has 0 bridgehead atoms. The first-order valence-electron chi connectivity index (χ1n) is 13.4. The molecule has 13 nitrogen and oxygen atoms in total. The minimum Gasteiger partial charge on any atom is -0.431 e. The van der Waals surface area contributed by atoms with Gasteiger partial charge >= 0.3 is 18.6 Å². The molecule has 1 aliphatic heterocycles. The van der Waals surface area contributed by atoms with Crippen molar-refractivity contribution >= 4 is 30.6 Å². The van der Waals surface area contributed by atoms with Crippen LogP contribution in [0, 0.1) is 5.92 Å². The standard InChI is InChI=1S/C27H36N3O10PS/c1-19(31)28-15-10-5-3-4-9-13-21-24(40-41(35,42)36-2)22(39-25(21)30-16-14-23(32)29-26(30)33)18-38-27(34)37-17-20-11-7-6-8-12-20/h4,6-9,11-12,14,16,21-22,24-25H,3,5,10,13,15,17-18H2,1-2H3,(H,28,31)(H,35,42)(H,29,32,33)/b9-4+/t21?,22-,24-,25-,41?/m1/s1. The van der Waals surface area contributed by atoms with Crippen molar-refractivity contribution in [3.05, 3.63) is 81.1 Å². The Balaban J connectivity index is 1.76. The molecule has 0 saturated carbocycles. The summed E-state index contributed by atoms with van der Waals surface area (Å²) in [4.78, 5) is 60.4. The lowest BCUT2D eigenvalue weighted by molar-refractivity contribution is -0.118. The van der Waals surface area contributed by atoms with E-state index >= 15 is 0 Å². The maximum Gasteiger partial charge on any atom is 0.508 e. The van der Waals surface area contributed by atoms with E-state index in [4.69, 9.17) is 35.1 Å². The molecule has 1 saturated heterocycles. The number of aromatic nitrogens is 2. The van der Waals surface area contributed by atoms with Crippen molar-refractivity contribution in [3.63, 3.8) is 0 Å². The summed E-state index contributed by atoms with van der Waals surface area (Å²) < 4.78 is 28.6. The van der Waals surface area contributed by atoms with Crippen molar-refractivity contribution in [2.45, 2.75) is 57.6 Å². The van der Waals surface area contributed by atoms with Crippen molar-refractivity contribution in [1.82, 2.24) is 14.9 Å². The molecule has 1 aliphatic rings. The Morgan fingerprint density at radius 3 is 2.62 bits per heavy atom. The van der Waals surface area contributed by atoms with E-state index in [9.17, 15) is 24.1 Å². The van der Waals surface area contributed by atoms with Gasteiger partial charge in [-0.2, -0.15) is 0 Å². The SMILES string of the molecule is COP(O)(=S)O[C@@H]1C(C/C=C/CCCCNC(C)=O)[C@H](n2ccc(=O)[nH]c2=O)O[C@@H]1COC(=O)OCc1ccccc1. The smallest absolute Gasteiger partial charge is 0.431 e. The molecule has 0 spiro atoms. The topological polar surface area (TPSA) is 167 Å². The van der Waals surface area contributed by atoms with Crippen LogP contribution in [0.5, 0.6) is 0 Å². The van der Waals surface area contributed by atoms with Crippen molar-refractivity contribution in [1.29, 1.82) is 0 Å². The molecule has 1 aromatic carbocycles. The van der Waals surface area contributed by atoms with Gasteiger partial charge in [0.2, 0.25) is 5.91 Å².